The molecule has 1 aliphatic heterocycles. The molecule has 1 atom stereocenters. The molecular formula is C15H15ClN2O. The summed E-state index contributed by atoms with van der Waals surface area (Å²) in [6.45, 7) is 2.90. The van der Waals surface area contributed by atoms with E-state index in [0.29, 0.717) is 5.15 Å². The Hall–Kier alpha value is -1.74. The van der Waals surface area contributed by atoms with Crippen LogP contribution in [-0.2, 0) is 6.42 Å². The summed E-state index contributed by atoms with van der Waals surface area (Å²) >= 11 is 5.88. The first-order valence-electron chi connectivity index (χ1n) is 6.37. The summed E-state index contributed by atoms with van der Waals surface area (Å²) in [6.07, 6.45) is 0.991. The number of anilines is 1. The first kappa shape index (κ1) is 12.3. The van der Waals surface area contributed by atoms with E-state index in [4.69, 9.17) is 16.3 Å². The van der Waals surface area contributed by atoms with Gasteiger partial charge in [-0.05, 0) is 42.3 Å². The monoisotopic (exact) mass is 274 g/mol. The molecule has 0 fully saturated rings. The van der Waals surface area contributed by atoms with Gasteiger partial charge >= 0.3 is 0 Å². The first-order chi connectivity index (χ1) is 9.22. The largest absolute Gasteiger partial charge is 0.493 e. The highest BCUT2D eigenvalue weighted by Crippen LogP contribution is 2.29. The zero-order valence-electron chi connectivity index (χ0n) is 10.7. The molecule has 0 amide bonds. The molecule has 0 saturated carbocycles. The Labute approximate surface area is 117 Å². The molecule has 3 rings (SSSR count). The van der Waals surface area contributed by atoms with Crippen LogP contribution in [0.1, 0.15) is 24.1 Å². The number of aromatic nitrogens is 1. The summed E-state index contributed by atoms with van der Waals surface area (Å²) in [7, 11) is 0. The van der Waals surface area contributed by atoms with Crippen molar-refractivity contribution < 1.29 is 4.74 Å². The molecule has 0 aliphatic carbocycles. The van der Waals surface area contributed by atoms with Crippen molar-refractivity contribution in [2.75, 3.05) is 11.9 Å². The van der Waals surface area contributed by atoms with E-state index in [1.807, 2.05) is 18.2 Å². The minimum absolute atomic E-state index is 0.178. The van der Waals surface area contributed by atoms with E-state index in [9.17, 15) is 0 Å². The second kappa shape index (κ2) is 5.10. The lowest BCUT2D eigenvalue weighted by molar-refractivity contribution is 0.357. The molecule has 0 bridgehead atoms. The average molecular weight is 275 g/mol. The van der Waals surface area contributed by atoms with E-state index in [1.54, 1.807) is 6.07 Å². The van der Waals surface area contributed by atoms with Gasteiger partial charge in [0.2, 0.25) is 0 Å². The fourth-order valence-corrected chi connectivity index (χ4v) is 2.43. The van der Waals surface area contributed by atoms with Crippen LogP contribution >= 0.6 is 11.6 Å². The van der Waals surface area contributed by atoms with Crippen molar-refractivity contribution in [2.45, 2.75) is 19.4 Å². The van der Waals surface area contributed by atoms with Gasteiger partial charge in [-0.2, -0.15) is 0 Å². The summed E-state index contributed by atoms with van der Waals surface area (Å²) in [5, 5.41) is 3.85. The van der Waals surface area contributed by atoms with E-state index in [0.717, 1.165) is 24.6 Å². The van der Waals surface area contributed by atoms with Crippen molar-refractivity contribution in [2.24, 2.45) is 0 Å². The Morgan fingerprint density at radius 2 is 2.21 bits per heavy atom. The van der Waals surface area contributed by atoms with Crippen molar-refractivity contribution >= 4 is 17.4 Å². The number of fused-ring (bicyclic) bond motifs is 1. The number of pyridine rings is 1. The lowest BCUT2D eigenvalue weighted by Crippen LogP contribution is -2.08. The summed E-state index contributed by atoms with van der Waals surface area (Å²) in [6, 6.07) is 12.1. The van der Waals surface area contributed by atoms with Crippen LogP contribution in [0, 0.1) is 0 Å². The lowest BCUT2D eigenvalue weighted by atomic mass is 10.0. The van der Waals surface area contributed by atoms with Gasteiger partial charge in [0.25, 0.3) is 0 Å². The molecule has 0 saturated heterocycles. The number of nitrogens with zero attached hydrogens (tertiary/aromatic N) is 1. The highest BCUT2D eigenvalue weighted by Gasteiger charge is 2.14. The molecule has 3 nitrogen and oxygen atoms in total. The number of hydrogen-bond donors (Lipinski definition) is 1. The fourth-order valence-electron chi connectivity index (χ4n) is 2.27. The SMILES string of the molecule is CC(Nc1cccc(Cl)n1)c1ccc2c(c1)CCO2. The molecule has 1 N–H and O–H groups in total. The Morgan fingerprint density at radius 1 is 1.32 bits per heavy atom. The van der Waals surface area contributed by atoms with Crippen molar-refractivity contribution in [3.05, 3.63) is 52.7 Å². The van der Waals surface area contributed by atoms with Gasteiger partial charge in [-0.25, -0.2) is 4.98 Å². The number of benzene rings is 1. The predicted octanol–water partition coefficient (Wildman–Crippen LogP) is 3.84. The van der Waals surface area contributed by atoms with E-state index in [1.165, 1.54) is 11.1 Å². The maximum Gasteiger partial charge on any atom is 0.131 e. The van der Waals surface area contributed by atoms with E-state index < -0.39 is 0 Å². The number of rotatable bonds is 3. The first-order valence-corrected chi connectivity index (χ1v) is 6.75. The summed E-state index contributed by atoms with van der Waals surface area (Å²) < 4.78 is 5.52. The summed E-state index contributed by atoms with van der Waals surface area (Å²) in [4.78, 5) is 4.24. The van der Waals surface area contributed by atoms with Crippen molar-refractivity contribution in [1.29, 1.82) is 0 Å². The van der Waals surface area contributed by atoms with E-state index >= 15 is 0 Å². The molecule has 1 aliphatic rings. The molecule has 1 aromatic carbocycles. The van der Waals surface area contributed by atoms with Crippen LogP contribution in [0.2, 0.25) is 5.15 Å². The summed E-state index contributed by atoms with van der Waals surface area (Å²) in [5.74, 6) is 1.80. The highest BCUT2D eigenvalue weighted by molar-refractivity contribution is 6.29. The zero-order chi connectivity index (χ0) is 13.2. The topological polar surface area (TPSA) is 34.2 Å². The van der Waals surface area contributed by atoms with E-state index in [2.05, 4.69) is 29.4 Å². The third-order valence-electron chi connectivity index (χ3n) is 3.29. The smallest absolute Gasteiger partial charge is 0.131 e. The van der Waals surface area contributed by atoms with Crippen LogP contribution in [0.3, 0.4) is 0 Å². The van der Waals surface area contributed by atoms with Gasteiger partial charge in [-0.1, -0.05) is 23.7 Å². The average Bonchev–Trinajstić information content (AvgIpc) is 2.85. The van der Waals surface area contributed by atoms with E-state index in [-0.39, 0.29) is 6.04 Å². The molecule has 2 aromatic rings. The summed E-state index contributed by atoms with van der Waals surface area (Å²) in [5.41, 5.74) is 2.51. The maximum atomic E-state index is 5.88. The normalized spacial score (nSPS) is 14.6. The third-order valence-corrected chi connectivity index (χ3v) is 3.50. The molecule has 0 radical (unpaired) electrons. The molecule has 2 heterocycles. The lowest BCUT2D eigenvalue weighted by Gasteiger charge is -2.15. The van der Waals surface area contributed by atoms with Gasteiger partial charge in [0.1, 0.15) is 16.7 Å². The molecule has 1 unspecified atom stereocenters. The Balaban J connectivity index is 1.78. The van der Waals surface area contributed by atoms with Gasteiger partial charge in [0, 0.05) is 12.5 Å². The van der Waals surface area contributed by atoms with Gasteiger partial charge in [0.05, 0.1) is 6.61 Å². The van der Waals surface area contributed by atoms with Crippen LogP contribution in [0.4, 0.5) is 5.82 Å². The quantitative estimate of drug-likeness (QED) is 0.864. The van der Waals surface area contributed by atoms with Crippen molar-refractivity contribution in [3.63, 3.8) is 0 Å². The molecule has 1 aromatic heterocycles. The Morgan fingerprint density at radius 3 is 3.05 bits per heavy atom. The molecular weight excluding hydrogens is 260 g/mol. The third kappa shape index (κ3) is 2.66. The second-order valence-electron chi connectivity index (χ2n) is 4.68. The minimum Gasteiger partial charge on any atom is -0.493 e. The van der Waals surface area contributed by atoms with Gasteiger partial charge in [0.15, 0.2) is 0 Å². The highest BCUT2D eigenvalue weighted by atomic mass is 35.5. The standard InChI is InChI=1S/C15H15ClN2O/c1-10(17-15-4-2-3-14(16)18-15)11-5-6-13-12(9-11)7-8-19-13/h2-6,9-10H,7-8H2,1H3,(H,17,18). The van der Waals surface area contributed by atoms with Crippen molar-refractivity contribution in [1.82, 2.24) is 4.98 Å². The number of ether oxygens (including phenoxy) is 1. The minimum atomic E-state index is 0.178. The predicted molar refractivity (Wildman–Crippen MR) is 76.9 cm³/mol. The van der Waals surface area contributed by atoms with Crippen molar-refractivity contribution in [3.8, 4) is 5.75 Å². The van der Waals surface area contributed by atoms with Crippen LogP contribution in [0.25, 0.3) is 0 Å². The maximum absolute atomic E-state index is 5.88. The molecule has 19 heavy (non-hydrogen) atoms. The fraction of sp³-hybridized carbons (Fsp3) is 0.267. The number of halogens is 1. The Bertz CT molecular complexity index is 600. The molecule has 4 heteroatoms. The Kier molecular flexibility index (Phi) is 3.30. The number of hydrogen-bond acceptors (Lipinski definition) is 3. The van der Waals surface area contributed by atoms with Crippen LogP contribution in [0.5, 0.6) is 5.75 Å². The molecule has 0 spiro atoms. The van der Waals surface area contributed by atoms with Crippen LogP contribution in [-0.4, -0.2) is 11.6 Å². The zero-order valence-corrected chi connectivity index (χ0v) is 11.4. The van der Waals surface area contributed by atoms with Crippen LogP contribution in [0.15, 0.2) is 36.4 Å². The second-order valence-corrected chi connectivity index (χ2v) is 5.06. The van der Waals surface area contributed by atoms with Gasteiger partial charge in [-0.15, -0.1) is 0 Å². The van der Waals surface area contributed by atoms with Crippen LogP contribution < -0.4 is 10.1 Å². The van der Waals surface area contributed by atoms with Gasteiger partial charge < -0.3 is 10.1 Å². The molecule has 98 valence electrons. The number of nitrogens with one attached hydrogen (secondary N) is 1. The van der Waals surface area contributed by atoms with Gasteiger partial charge in [-0.3, -0.25) is 0 Å².